The van der Waals surface area contributed by atoms with Gasteiger partial charge in [-0.15, -0.1) is 11.3 Å². The summed E-state index contributed by atoms with van der Waals surface area (Å²) in [5.41, 5.74) is 5.42. The van der Waals surface area contributed by atoms with Crippen LogP contribution >= 0.6 is 11.3 Å². The average molecular weight is 158 g/mol. The molecule has 2 N–H and O–H groups in total. The first-order valence-electron chi connectivity index (χ1n) is 3.02. The maximum atomic E-state index is 5.42. The minimum Gasteiger partial charge on any atom is -0.384 e. The zero-order chi connectivity index (χ0) is 7.40. The second-order valence-corrected chi connectivity index (χ2v) is 3.05. The summed E-state index contributed by atoms with van der Waals surface area (Å²) in [6, 6.07) is 0. The molecule has 56 valence electrons. The van der Waals surface area contributed by atoms with Crippen molar-refractivity contribution < 1.29 is 4.74 Å². The highest BCUT2D eigenvalue weighted by Gasteiger charge is 1.96. The maximum absolute atomic E-state index is 5.42. The number of aromatic nitrogens is 1. The van der Waals surface area contributed by atoms with Gasteiger partial charge < -0.3 is 10.5 Å². The van der Waals surface area contributed by atoms with Gasteiger partial charge in [0.25, 0.3) is 0 Å². The first-order chi connectivity index (χ1) is 4.83. The summed E-state index contributed by atoms with van der Waals surface area (Å²) in [4.78, 5) is 5.09. The highest BCUT2D eigenvalue weighted by molar-refractivity contribution is 7.15. The van der Waals surface area contributed by atoms with Crippen LogP contribution in [0, 0.1) is 0 Å². The minimum absolute atomic E-state index is 0.631. The van der Waals surface area contributed by atoms with Gasteiger partial charge in [0.15, 0.2) is 5.13 Å². The van der Waals surface area contributed by atoms with Gasteiger partial charge >= 0.3 is 0 Å². The van der Waals surface area contributed by atoms with Gasteiger partial charge in [0.2, 0.25) is 0 Å². The fourth-order valence-electron chi connectivity index (χ4n) is 0.641. The Labute approximate surface area is 63.8 Å². The number of methoxy groups -OCH3 is 1. The molecule has 0 fully saturated rings. The molecule has 0 aromatic carbocycles. The van der Waals surface area contributed by atoms with E-state index >= 15 is 0 Å². The van der Waals surface area contributed by atoms with Crippen LogP contribution in [0.25, 0.3) is 0 Å². The molecule has 0 amide bonds. The van der Waals surface area contributed by atoms with Crippen molar-refractivity contribution in [1.82, 2.24) is 4.98 Å². The van der Waals surface area contributed by atoms with E-state index < -0.39 is 0 Å². The standard InChI is InChI=1S/C6H10N2OS/c1-9-3-2-5-4-8-6(7)10-5/h4H,2-3H2,1H3,(H2,7,8). The summed E-state index contributed by atoms with van der Waals surface area (Å²) in [6.45, 7) is 0.738. The van der Waals surface area contributed by atoms with E-state index in [-0.39, 0.29) is 0 Å². The van der Waals surface area contributed by atoms with Crippen LogP contribution < -0.4 is 5.73 Å². The molecular weight excluding hydrogens is 148 g/mol. The van der Waals surface area contributed by atoms with Crippen LogP contribution in [0.15, 0.2) is 6.20 Å². The predicted octanol–water partition coefficient (Wildman–Crippen LogP) is 0.914. The van der Waals surface area contributed by atoms with Gasteiger partial charge in [-0.25, -0.2) is 4.98 Å². The van der Waals surface area contributed by atoms with Crippen molar-refractivity contribution in [3.05, 3.63) is 11.1 Å². The summed E-state index contributed by atoms with van der Waals surface area (Å²) < 4.78 is 4.89. The topological polar surface area (TPSA) is 48.1 Å². The third-order valence-corrected chi connectivity index (χ3v) is 2.01. The molecule has 0 aliphatic heterocycles. The van der Waals surface area contributed by atoms with E-state index in [0.717, 1.165) is 13.0 Å². The van der Waals surface area contributed by atoms with E-state index in [1.165, 1.54) is 16.2 Å². The van der Waals surface area contributed by atoms with Crippen LogP contribution in [-0.2, 0) is 11.2 Å². The maximum Gasteiger partial charge on any atom is 0.180 e. The smallest absolute Gasteiger partial charge is 0.180 e. The minimum atomic E-state index is 0.631. The number of nitrogens with zero attached hydrogens (tertiary/aromatic N) is 1. The summed E-state index contributed by atoms with van der Waals surface area (Å²) >= 11 is 1.51. The zero-order valence-electron chi connectivity index (χ0n) is 5.83. The van der Waals surface area contributed by atoms with Gasteiger partial charge in [0.1, 0.15) is 0 Å². The molecule has 10 heavy (non-hydrogen) atoms. The molecule has 0 saturated heterocycles. The highest BCUT2D eigenvalue weighted by Crippen LogP contribution is 2.14. The second-order valence-electron chi connectivity index (χ2n) is 1.91. The van der Waals surface area contributed by atoms with Gasteiger partial charge in [0, 0.05) is 24.6 Å². The molecular formula is C6H10N2OS. The van der Waals surface area contributed by atoms with Gasteiger partial charge in [-0.1, -0.05) is 0 Å². The summed E-state index contributed by atoms with van der Waals surface area (Å²) in [6.07, 6.45) is 2.70. The van der Waals surface area contributed by atoms with E-state index in [4.69, 9.17) is 10.5 Å². The first-order valence-corrected chi connectivity index (χ1v) is 3.83. The predicted molar refractivity (Wildman–Crippen MR) is 42.1 cm³/mol. The molecule has 4 heteroatoms. The Kier molecular flexibility index (Phi) is 2.65. The van der Waals surface area contributed by atoms with Crippen LogP contribution in [0.5, 0.6) is 0 Å². The van der Waals surface area contributed by atoms with Crippen molar-refractivity contribution in [3.63, 3.8) is 0 Å². The number of nitrogen functional groups attached to an aromatic ring is 1. The lowest BCUT2D eigenvalue weighted by Gasteiger charge is -1.91. The van der Waals surface area contributed by atoms with Crippen LogP contribution in [0.2, 0.25) is 0 Å². The fourth-order valence-corrected chi connectivity index (χ4v) is 1.31. The molecule has 1 aromatic rings. The zero-order valence-corrected chi connectivity index (χ0v) is 6.65. The Bertz CT molecular complexity index is 199. The molecule has 0 bridgehead atoms. The van der Waals surface area contributed by atoms with Crippen molar-refractivity contribution in [2.24, 2.45) is 0 Å². The third-order valence-electron chi connectivity index (χ3n) is 1.12. The summed E-state index contributed by atoms with van der Waals surface area (Å²) in [5.74, 6) is 0. The lowest BCUT2D eigenvalue weighted by Crippen LogP contribution is -1.90. The van der Waals surface area contributed by atoms with Crippen molar-refractivity contribution in [2.75, 3.05) is 19.5 Å². The molecule has 0 spiro atoms. The molecule has 0 atom stereocenters. The molecule has 0 radical (unpaired) electrons. The summed E-state index contributed by atoms with van der Waals surface area (Å²) in [7, 11) is 1.68. The molecule has 0 saturated carbocycles. The number of nitrogens with two attached hydrogens (primary N) is 1. The average Bonchev–Trinajstić information content (AvgIpc) is 2.31. The van der Waals surface area contributed by atoms with Crippen LogP contribution in [0.1, 0.15) is 4.88 Å². The SMILES string of the molecule is COCCc1cnc(N)s1. The molecule has 1 rings (SSSR count). The highest BCUT2D eigenvalue weighted by atomic mass is 32.1. The monoisotopic (exact) mass is 158 g/mol. The van der Waals surface area contributed by atoms with Gasteiger partial charge in [-0.05, 0) is 0 Å². The molecule has 0 aliphatic carbocycles. The van der Waals surface area contributed by atoms with Gasteiger partial charge in [-0.2, -0.15) is 0 Å². The lowest BCUT2D eigenvalue weighted by atomic mass is 10.4. The number of thiazole rings is 1. The third kappa shape index (κ3) is 1.97. The van der Waals surface area contributed by atoms with Crippen LogP contribution in [-0.4, -0.2) is 18.7 Å². The fraction of sp³-hybridized carbons (Fsp3) is 0.500. The Morgan fingerprint density at radius 2 is 2.60 bits per heavy atom. The number of anilines is 1. The van der Waals surface area contributed by atoms with Gasteiger partial charge in [0.05, 0.1) is 6.61 Å². The van der Waals surface area contributed by atoms with Gasteiger partial charge in [-0.3, -0.25) is 0 Å². The van der Waals surface area contributed by atoms with Crippen molar-refractivity contribution in [3.8, 4) is 0 Å². The van der Waals surface area contributed by atoms with Crippen molar-refractivity contribution in [2.45, 2.75) is 6.42 Å². The van der Waals surface area contributed by atoms with Crippen molar-refractivity contribution in [1.29, 1.82) is 0 Å². The Morgan fingerprint density at radius 1 is 1.80 bits per heavy atom. The Hall–Kier alpha value is -0.610. The largest absolute Gasteiger partial charge is 0.384 e. The van der Waals surface area contributed by atoms with E-state index in [1.807, 2.05) is 0 Å². The molecule has 3 nitrogen and oxygen atoms in total. The lowest BCUT2D eigenvalue weighted by molar-refractivity contribution is 0.203. The normalized spacial score (nSPS) is 10.1. The molecule has 0 aliphatic rings. The van der Waals surface area contributed by atoms with Crippen molar-refractivity contribution >= 4 is 16.5 Å². The Balaban J connectivity index is 2.42. The van der Waals surface area contributed by atoms with Crippen LogP contribution in [0.3, 0.4) is 0 Å². The number of rotatable bonds is 3. The van der Waals surface area contributed by atoms with E-state index in [2.05, 4.69) is 4.98 Å². The Morgan fingerprint density at radius 3 is 3.10 bits per heavy atom. The van der Waals surface area contributed by atoms with E-state index in [9.17, 15) is 0 Å². The number of ether oxygens (including phenoxy) is 1. The number of hydrogen-bond acceptors (Lipinski definition) is 4. The van der Waals surface area contributed by atoms with E-state index in [1.54, 1.807) is 13.3 Å². The number of hydrogen-bond donors (Lipinski definition) is 1. The quantitative estimate of drug-likeness (QED) is 0.711. The molecule has 0 unspecified atom stereocenters. The summed E-state index contributed by atoms with van der Waals surface area (Å²) in [5, 5.41) is 0.631. The van der Waals surface area contributed by atoms with E-state index in [0.29, 0.717) is 5.13 Å². The molecule has 1 aromatic heterocycles. The molecule has 1 heterocycles. The first kappa shape index (κ1) is 7.50. The second kappa shape index (κ2) is 3.53. The van der Waals surface area contributed by atoms with Crippen LogP contribution in [0.4, 0.5) is 5.13 Å².